The fourth-order valence-electron chi connectivity index (χ4n) is 2.56. The summed E-state index contributed by atoms with van der Waals surface area (Å²) >= 11 is 0. The third-order valence-electron chi connectivity index (χ3n) is 3.75. The number of rotatable bonds is 8. The third kappa shape index (κ3) is 3.16. The summed E-state index contributed by atoms with van der Waals surface area (Å²) in [6.45, 7) is 2.91. The Kier molecular flexibility index (Phi) is 4.78. The summed E-state index contributed by atoms with van der Waals surface area (Å²) in [4.78, 5) is 4.42. The average molecular weight is 299 g/mol. The van der Waals surface area contributed by atoms with Gasteiger partial charge in [-0.15, -0.1) is 0 Å². The number of para-hydroxylation sites is 1. The number of tetrazole rings is 1. The van der Waals surface area contributed by atoms with Gasteiger partial charge in [0.2, 0.25) is 5.88 Å². The number of benzene rings is 1. The van der Waals surface area contributed by atoms with Gasteiger partial charge in [-0.1, -0.05) is 56.3 Å². The number of hydrogen-bond acceptors (Lipinski definition) is 5. The molecule has 2 heterocycles. The Balaban J connectivity index is 1.67. The molecule has 0 spiro atoms. The van der Waals surface area contributed by atoms with E-state index in [1.54, 1.807) is 4.52 Å². The van der Waals surface area contributed by atoms with E-state index in [1.807, 2.05) is 24.3 Å². The SMILES string of the molecule is CCCCCCCCOc1nc2nnnn2c2ccccc12. The molecule has 116 valence electrons. The minimum Gasteiger partial charge on any atom is -0.477 e. The van der Waals surface area contributed by atoms with Crippen molar-refractivity contribution in [2.24, 2.45) is 0 Å². The Bertz CT molecular complexity index is 740. The lowest BCUT2D eigenvalue weighted by atomic mass is 10.1. The van der Waals surface area contributed by atoms with Gasteiger partial charge in [0.1, 0.15) is 0 Å². The fraction of sp³-hybridized carbons (Fsp3) is 0.500. The predicted octanol–water partition coefficient (Wildman–Crippen LogP) is 3.41. The lowest BCUT2D eigenvalue weighted by Crippen LogP contribution is -2.03. The Hall–Kier alpha value is -2.24. The lowest BCUT2D eigenvalue weighted by molar-refractivity contribution is 0.297. The summed E-state index contributed by atoms with van der Waals surface area (Å²) in [5.74, 6) is 1.09. The molecule has 0 aliphatic carbocycles. The molecule has 0 aliphatic rings. The van der Waals surface area contributed by atoms with E-state index in [0.29, 0.717) is 18.3 Å². The van der Waals surface area contributed by atoms with Crippen LogP contribution in [0.4, 0.5) is 0 Å². The third-order valence-corrected chi connectivity index (χ3v) is 3.75. The summed E-state index contributed by atoms with van der Waals surface area (Å²) in [7, 11) is 0. The molecule has 6 nitrogen and oxygen atoms in total. The van der Waals surface area contributed by atoms with E-state index in [1.165, 1.54) is 32.1 Å². The predicted molar refractivity (Wildman–Crippen MR) is 85.0 cm³/mol. The Morgan fingerprint density at radius 1 is 1.05 bits per heavy atom. The number of ether oxygens (including phenoxy) is 1. The van der Waals surface area contributed by atoms with Crippen molar-refractivity contribution in [1.29, 1.82) is 0 Å². The molecule has 3 aromatic rings. The minimum atomic E-state index is 0.469. The topological polar surface area (TPSA) is 65.2 Å². The van der Waals surface area contributed by atoms with Crippen LogP contribution in [0.5, 0.6) is 5.88 Å². The zero-order valence-corrected chi connectivity index (χ0v) is 12.9. The molecule has 22 heavy (non-hydrogen) atoms. The van der Waals surface area contributed by atoms with Gasteiger partial charge in [-0.3, -0.25) is 0 Å². The average Bonchev–Trinajstić information content (AvgIpc) is 3.02. The number of nitrogens with zero attached hydrogens (tertiary/aromatic N) is 5. The van der Waals surface area contributed by atoms with Crippen molar-refractivity contribution < 1.29 is 4.74 Å². The van der Waals surface area contributed by atoms with Gasteiger partial charge in [-0.05, 0) is 29.0 Å². The second-order valence-corrected chi connectivity index (χ2v) is 5.44. The number of unbranched alkanes of at least 4 members (excludes halogenated alkanes) is 5. The molecule has 0 fully saturated rings. The van der Waals surface area contributed by atoms with Crippen LogP contribution < -0.4 is 4.74 Å². The van der Waals surface area contributed by atoms with Crippen molar-refractivity contribution in [3.05, 3.63) is 24.3 Å². The minimum absolute atomic E-state index is 0.469. The molecule has 1 aromatic carbocycles. The molecule has 0 saturated heterocycles. The standard InChI is InChI=1S/C16H21N5O/c1-2-3-4-5-6-9-12-22-15-13-10-7-8-11-14(13)21-16(17-15)18-19-20-21/h7-8,10-11H,2-6,9,12H2,1H3. The van der Waals surface area contributed by atoms with E-state index in [4.69, 9.17) is 4.74 Å². The van der Waals surface area contributed by atoms with Crippen molar-refractivity contribution in [3.63, 3.8) is 0 Å². The molecule has 0 N–H and O–H groups in total. The van der Waals surface area contributed by atoms with E-state index >= 15 is 0 Å². The molecule has 0 radical (unpaired) electrons. The summed E-state index contributed by atoms with van der Waals surface area (Å²) in [5, 5.41) is 12.5. The first kappa shape index (κ1) is 14.7. The monoisotopic (exact) mass is 299 g/mol. The van der Waals surface area contributed by atoms with Crippen LogP contribution in [0.25, 0.3) is 16.7 Å². The van der Waals surface area contributed by atoms with Crippen LogP contribution in [0.2, 0.25) is 0 Å². The molecule has 0 atom stereocenters. The van der Waals surface area contributed by atoms with Gasteiger partial charge < -0.3 is 4.74 Å². The van der Waals surface area contributed by atoms with Gasteiger partial charge in [0, 0.05) is 0 Å². The molecule has 0 aliphatic heterocycles. The highest BCUT2D eigenvalue weighted by Gasteiger charge is 2.10. The summed E-state index contributed by atoms with van der Waals surface area (Å²) in [5.41, 5.74) is 0.912. The quantitative estimate of drug-likeness (QED) is 0.596. The zero-order valence-electron chi connectivity index (χ0n) is 12.9. The van der Waals surface area contributed by atoms with Crippen LogP contribution in [0.1, 0.15) is 45.4 Å². The van der Waals surface area contributed by atoms with Gasteiger partial charge in [0.25, 0.3) is 5.78 Å². The Labute approximate surface area is 129 Å². The summed E-state index contributed by atoms with van der Waals surface area (Å²) < 4.78 is 7.52. The van der Waals surface area contributed by atoms with Crippen LogP contribution in [-0.4, -0.2) is 31.6 Å². The molecule has 0 saturated carbocycles. The molecule has 6 heteroatoms. The van der Waals surface area contributed by atoms with E-state index < -0.39 is 0 Å². The Morgan fingerprint density at radius 2 is 1.86 bits per heavy atom. The highest BCUT2D eigenvalue weighted by Crippen LogP contribution is 2.23. The van der Waals surface area contributed by atoms with E-state index in [-0.39, 0.29) is 0 Å². The maximum atomic E-state index is 5.88. The van der Waals surface area contributed by atoms with E-state index in [2.05, 4.69) is 27.4 Å². The van der Waals surface area contributed by atoms with Gasteiger partial charge in [-0.2, -0.15) is 9.50 Å². The smallest absolute Gasteiger partial charge is 0.277 e. The first-order valence-electron chi connectivity index (χ1n) is 8.00. The zero-order chi connectivity index (χ0) is 15.2. The lowest BCUT2D eigenvalue weighted by Gasteiger charge is -2.08. The normalized spacial score (nSPS) is 11.3. The maximum Gasteiger partial charge on any atom is 0.277 e. The summed E-state index contributed by atoms with van der Waals surface area (Å²) in [6, 6.07) is 7.89. The maximum absolute atomic E-state index is 5.88. The van der Waals surface area contributed by atoms with E-state index in [0.717, 1.165) is 17.3 Å². The van der Waals surface area contributed by atoms with Crippen LogP contribution in [0.3, 0.4) is 0 Å². The Morgan fingerprint density at radius 3 is 2.77 bits per heavy atom. The van der Waals surface area contributed by atoms with Crippen LogP contribution >= 0.6 is 0 Å². The number of aromatic nitrogens is 5. The highest BCUT2D eigenvalue weighted by atomic mass is 16.5. The molecule has 3 rings (SSSR count). The fourth-order valence-corrected chi connectivity index (χ4v) is 2.56. The summed E-state index contributed by atoms with van der Waals surface area (Å²) in [6.07, 6.45) is 7.44. The van der Waals surface area contributed by atoms with Crippen molar-refractivity contribution in [2.45, 2.75) is 45.4 Å². The molecule has 0 unspecified atom stereocenters. The van der Waals surface area contributed by atoms with Crippen molar-refractivity contribution in [2.75, 3.05) is 6.61 Å². The van der Waals surface area contributed by atoms with Crippen LogP contribution in [-0.2, 0) is 0 Å². The highest BCUT2D eigenvalue weighted by molar-refractivity contribution is 5.85. The molecular formula is C16H21N5O. The molecule has 0 bridgehead atoms. The van der Waals surface area contributed by atoms with Gasteiger partial charge in [0.15, 0.2) is 0 Å². The van der Waals surface area contributed by atoms with Crippen molar-refractivity contribution in [3.8, 4) is 5.88 Å². The molecule has 2 aromatic heterocycles. The number of hydrogen-bond donors (Lipinski definition) is 0. The molecule has 0 amide bonds. The van der Waals surface area contributed by atoms with Crippen LogP contribution in [0.15, 0.2) is 24.3 Å². The van der Waals surface area contributed by atoms with Crippen molar-refractivity contribution in [1.82, 2.24) is 25.0 Å². The van der Waals surface area contributed by atoms with Crippen molar-refractivity contribution >= 4 is 16.7 Å². The molecular weight excluding hydrogens is 278 g/mol. The van der Waals surface area contributed by atoms with E-state index in [9.17, 15) is 0 Å². The van der Waals surface area contributed by atoms with Gasteiger partial charge >= 0.3 is 0 Å². The van der Waals surface area contributed by atoms with Gasteiger partial charge in [0.05, 0.1) is 17.5 Å². The largest absolute Gasteiger partial charge is 0.477 e. The second kappa shape index (κ2) is 7.15. The first-order chi connectivity index (χ1) is 10.9. The second-order valence-electron chi connectivity index (χ2n) is 5.44. The van der Waals surface area contributed by atoms with Gasteiger partial charge in [-0.25, -0.2) is 0 Å². The van der Waals surface area contributed by atoms with Crippen LogP contribution in [0, 0.1) is 0 Å². The number of fused-ring (bicyclic) bond motifs is 3. The first-order valence-corrected chi connectivity index (χ1v) is 8.00.